The third-order valence-electron chi connectivity index (χ3n) is 4.63. The van der Waals surface area contributed by atoms with Gasteiger partial charge in [-0.2, -0.15) is 0 Å². The molecule has 2 unspecified atom stereocenters. The number of piperidine rings is 1. The highest BCUT2D eigenvalue weighted by Crippen LogP contribution is 2.36. The van der Waals surface area contributed by atoms with Crippen molar-refractivity contribution < 1.29 is 4.79 Å². The van der Waals surface area contributed by atoms with Crippen LogP contribution in [0.4, 0.5) is 11.4 Å². The van der Waals surface area contributed by atoms with Crippen LogP contribution in [0.1, 0.15) is 32.1 Å². The lowest BCUT2D eigenvalue weighted by atomic mass is 9.92. The molecule has 2 aliphatic rings. The molecule has 3 N–H and O–H groups in total. The van der Waals surface area contributed by atoms with Crippen LogP contribution in [0.15, 0.2) is 24.3 Å². The van der Waals surface area contributed by atoms with E-state index in [9.17, 15) is 4.79 Å². The van der Waals surface area contributed by atoms with Crippen LogP contribution in [0.5, 0.6) is 0 Å². The van der Waals surface area contributed by atoms with Crippen molar-refractivity contribution in [3.8, 4) is 0 Å². The summed E-state index contributed by atoms with van der Waals surface area (Å²) in [6.45, 7) is 1.57. The molecule has 1 aliphatic carbocycles. The molecule has 4 nitrogen and oxygen atoms in total. The number of nitrogens with two attached hydrogens (primary N) is 1. The van der Waals surface area contributed by atoms with Gasteiger partial charge in [-0.3, -0.25) is 9.69 Å². The average molecular weight is 273 g/mol. The second-order valence-corrected chi connectivity index (χ2v) is 6.04. The van der Waals surface area contributed by atoms with Gasteiger partial charge in [-0.25, -0.2) is 0 Å². The highest BCUT2D eigenvalue weighted by atomic mass is 16.2. The second kappa shape index (κ2) is 5.83. The van der Waals surface area contributed by atoms with Crippen LogP contribution in [0.3, 0.4) is 0 Å². The molecule has 0 bridgehead atoms. The molecular formula is C16H23N3O. The number of likely N-dealkylation sites (tertiary alicyclic amines) is 1. The van der Waals surface area contributed by atoms with Gasteiger partial charge >= 0.3 is 0 Å². The van der Waals surface area contributed by atoms with Crippen LogP contribution in [0, 0.1) is 5.92 Å². The third kappa shape index (κ3) is 2.96. The predicted molar refractivity (Wildman–Crippen MR) is 81.4 cm³/mol. The van der Waals surface area contributed by atoms with Gasteiger partial charge in [0.25, 0.3) is 0 Å². The molecule has 1 saturated carbocycles. The van der Waals surface area contributed by atoms with Crippen LogP contribution in [-0.4, -0.2) is 29.9 Å². The summed E-state index contributed by atoms with van der Waals surface area (Å²) in [5.74, 6) is 0.895. The maximum atomic E-state index is 12.2. The summed E-state index contributed by atoms with van der Waals surface area (Å²) in [6, 6.07) is 7.99. The third-order valence-corrected chi connectivity index (χ3v) is 4.63. The summed E-state index contributed by atoms with van der Waals surface area (Å²) in [5, 5.41) is 2.95. The summed E-state index contributed by atoms with van der Waals surface area (Å²) < 4.78 is 0. The van der Waals surface area contributed by atoms with E-state index < -0.39 is 0 Å². The maximum absolute atomic E-state index is 12.2. The first kappa shape index (κ1) is 13.4. The van der Waals surface area contributed by atoms with E-state index in [2.05, 4.69) is 10.2 Å². The number of fused-ring (bicyclic) bond motifs is 1. The van der Waals surface area contributed by atoms with Gasteiger partial charge < -0.3 is 11.1 Å². The Kier molecular flexibility index (Phi) is 3.92. The van der Waals surface area contributed by atoms with Gasteiger partial charge in [0.15, 0.2) is 0 Å². The van der Waals surface area contributed by atoms with Crippen molar-refractivity contribution >= 4 is 17.3 Å². The van der Waals surface area contributed by atoms with E-state index >= 15 is 0 Å². The van der Waals surface area contributed by atoms with Crippen LogP contribution in [0.25, 0.3) is 0 Å². The van der Waals surface area contributed by atoms with Crippen molar-refractivity contribution in [2.75, 3.05) is 24.1 Å². The molecule has 0 radical (unpaired) electrons. The topological polar surface area (TPSA) is 58.4 Å². The zero-order chi connectivity index (χ0) is 13.9. The van der Waals surface area contributed by atoms with E-state index in [1.54, 1.807) is 6.07 Å². The molecule has 2 atom stereocenters. The molecule has 1 aromatic carbocycles. The zero-order valence-corrected chi connectivity index (χ0v) is 11.8. The van der Waals surface area contributed by atoms with Crippen LogP contribution in [-0.2, 0) is 4.79 Å². The predicted octanol–water partition coefficient (Wildman–Crippen LogP) is 2.47. The van der Waals surface area contributed by atoms with Crippen molar-refractivity contribution in [1.82, 2.24) is 4.90 Å². The Morgan fingerprint density at radius 2 is 2.15 bits per heavy atom. The molecule has 4 heteroatoms. The fraction of sp³-hybridized carbons (Fsp3) is 0.562. The molecule has 2 fully saturated rings. The van der Waals surface area contributed by atoms with Crippen molar-refractivity contribution in [1.29, 1.82) is 0 Å². The van der Waals surface area contributed by atoms with Gasteiger partial charge in [0.1, 0.15) is 0 Å². The number of rotatable bonds is 3. The van der Waals surface area contributed by atoms with E-state index in [-0.39, 0.29) is 5.91 Å². The molecule has 0 aromatic heterocycles. The fourth-order valence-corrected chi connectivity index (χ4v) is 3.75. The van der Waals surface area contributed by atoms with E-state index in [1.165, 1.54) is 32.1 Å². The Morgan fingerprint density at radius 1 is 1.30 bits per heavy atom. The largest absolute Gasteiger partial charge is 0.399 e. The minimum absolute atomic E-state index is 0.0724. The summed E-state index contributed by atoms with van der Waals surface area (Å²) in [4.78, 5) is 14.6. The smallest absolute Gasteiger partial charge is 0.238 e. The normalized spacial score (nSPS) is 26.2. The van der Waals surface area contributed by atoms with E-state index in [1.807, 2.05) is 18.2 Å². The summed E-state index contributed by atoms with van der Waals surface area (Å²) >= 11 is 0. The second-order valence-electron chi connectivity index (χ2n) is 6.04. The maximum Gasteiger partial charge on any atom is 0.238 e. The standard InChI is InChI=1S/C16H23N3O/c17-13-6-2-7-14(10-13)18-16(20)11-19-9-3-5-12-4-1-8-15(12)19/h2,6-7,10,12,15H,1,3-5,8-9,11,17H2,(H,18,20). The van der Waals surface area contributed by atoms with Crippen molar-refractivity contribution in [2.24, 2.45) is 5.92 Å². The van der Waals surface area contributed by atoms with E-state index in [0.717, 1.165) is 18.2 Å². The fourth-order valence-electron chi connectivity index (χ4n) is 3.75. The molecule has 108 valence electrons. The van der Waals surface area contributed by atoms with Gasteiger partial charge in [0.2, 0.25) is 5.91 Å². The summed E-state index contributed by atoms with van der Waals surface area (Å²) in [5.41, 5.74) is 7.19. The Labute approximate surface area is 120 Å². The van der Waals surface area contributed by atoms with E-state index in [4.69, 9.17) is 5.73 Å². The number of nitrogen functional groups attached to an aromatic ring is 1. The number of amides is 1. The van der Waals surface area contributed by atoms with Gasteiger partial charge in [-0.15, -0.1) is 0 Å². The average Bonchev–Trinajstić information content (AvgIpc) is 2.88. The number of carbonyl (C=O) groups excluding carboxylic acids is 1. The Balaban J connectivity index is 1.58. The molecule has 1 amide bonds. The van der Waals surface area contributed by atoms with Crippen LogP contribution >= 0.6 is 0 Å². The molecule has 1 saturated heterocycles. The molecule has 0 spiro atoms. The summed E-state index contributed by atoms with van der Waals surface area (Å²) in [7, 11) is 0. The number of benzene rings is 1. The Morgan fingerprint density at radius 3 is 3.00 bits per heavy atom. The zero-order valence-electron chi connectivity index (χ0n) is 11.8. The van der Waals surface area contributed by atoms with Crippen LogP contribution in [0.2, 0.25) is 0 Å². The Bertz CT molecular complexity index is 488. The first-order chi connectivity index (χ1) is 9.72. The highest BCUT2D eigenvalue weighted by Gasteiger charge is 2.35. The van der Waals surface area contributed by atoms with Gasteiger partial charge in [-0.05, 0) is 56.3 Å². The molecule has 20 heavy (non-hydrogen) atoms. The number of nitrogens with zero attached hydrogens (tertiary/aromatic N) is 1. The van der Waals surface area contributed by atoms with Gasteiger partial charge in [-0.1, -0.05) is 12.5 Å². The summed E-state index contributed by atoms with van der Waals surface area (Å²) in [6.07, 6.45) is 6.50. The SMILES string of the molecule is Nc1cccc(NC(=O)CN2CCCC3CCCC32)c1. The molecule has 1 aliphatic heterocycles. The van der Waals surface area contributed by atoms with Gasteiger partial charge in [0.05, 0.1) is 6.54 Å². The van der Waals surface area contributed by atoms with Crippen molar-refractivity contribution in [3.63, 3.8) is 0 Å². The molecule has 1 heterocycles. The minimum atomic E-state index is 0.0724. The first-order valence-electron chi connectivity index (χ1n) is 7.62. The van der Waals surface area contributed by atoms with Crippen LogP contribution < -0.4 is 11.1 Å². The first-order valence-corrected chi connectivity index (χ1v) is 7.62. The van der Waals surface area contributed by atoms with Gasteiger partial charge in [0, 0.05) is 17.4 Å². The van der Waals surface area contributed by atoms with E-state index in [0.29, 0.717) is 18.3 Å². The lowest BCUT2D eigenvalue weighted by molar-refractivity contribution is -0.118. The minimum Gasteiger partial charge on any atom is -0.399 e. The highest BCUT2D eigenvalue weighted by molar-refractivity contribution is 5.92. The molecule has 1 aromatic rings. The Hall–Kier alpha value is -1.55. The molecule has 3 rings (SSSR count). The number of carbonyl (C=O) groups is 1. The molecular weight excluding hydrogens is 250 g/mol. The number of nitrogens with one attached hydrogen (secondary N) is 1. The van der Waals surface area contributed by atoms with Crippen molar-refractivity contribution in [2.45, 2.75) is 38.1 Å². The quantitative estimate of drug-likeness (QED) is 0.832. The van der Waals surface area contributed by atoms with Crippen molar-refractivity contribution in [3.05, 3.63) is 24.3 Å². The number of hydrogen-bond donors (Lipinski definition) is 2. The number of hydrogen-bond acceptors (Lipinski definition) is 3. The lowest BCUT2D eigenvalue weighted by Crippen LogP contribution is -2.46. The number of anilines is 2. The monoisotopic (exact) mass is 273 g/mol. The lowest BCUT2D eigenvalue weighted by Gasteiger charge is -2.37.